The molecule has 2 aromatic rings. The second kappa shape index (κ2) is 9.16. The molecule has 4 heteroatoms. The van der Waals surface area contributed by atoms with Crippen LogP contribution in [0.25, 0.3) is 0 Å². The molecule has 1 heterocycles. The average Bonchev–Trinajstić information content (AvgIpc) is 2.66. The van der Waals surface area contributed by atoms with Crippen LogP contribution < -0.4 is 0 Å². The van der Waals surface area contributed by atoms with E-state index in [1.165, 1.54) is 11.1 Å². The van der Waals surface area contributed by atoms with Crippen molar-refractivity contribution in [3.8, 4) is 0 Å². The van der Waals surface area contributed by atoms with Crippen LogP contribution in [0.5, 0.6) is 0 Å². The molecular weight excluding hydrogens is 332 g/mol. The predicted octanol–water partition coefficient (Wildman–Crippen LogP) is 3.60. The number of hydrogen-bond acceptors (Lipinski definition) is 3. The van der Waals surface area contributed by atoms with Gasteiger partial charge in [-0.25, -0.2) is 0 Å². The molecule has 1 unspecified atom stereocenters. The zero-order chi connectivity index (χ0) is 17.5. The summed E-state index contributed by atoms with van der Waals surface area (Å²) >= 11 is 6.08. The molecule has 1 saturated heterocycles. The highest BCUT2D eigenvalue weighted by atomic mass is 35.5. The molecule has 3 nitrogen and oxygen atoms in total. The normalized spacial score (nSPS) is 17.8. The first-order valence-corrected chi connectivity index (χ1v) is 9.18. The first-order chi connectivity index (χ1) is 12.3. The summed E-state index contributed by atoms with van der Waals surface area (Å²) in [5.74, 6) is 0. The summed E-state index contributed by atoms with van der Waals surface area (Å²) < 4.78 is 0. The standard InChI is InChI=1S/C21H25ClN2O/c22-20-10-8-19(9-11-20)21(18-6-2-1-3-7-18)24-15-13-23(14-16-24)12-4-5-17-25/h1-11,21,25H,12-17H2/b5-4-. The van der Waals surface area contributed by atoms with E-state index < -0.39 is 0 Å². The molecule has 1 aliphatic heterocycles. The number of hydrogen-bond donors (Lipinski definition) is 1. The third-order valence-electron chi connectivity index (χ3n) is 4.71. The molecule has 2 aromatic carbocycles. The molecule has 3 rings (SSSR count). The summed E-state index contributed by atoms with van der Waals surface area (Å²) in [5, 5.41) is 9.63. The first kappa shape index (κ1) is 18.2. The third-order valence-corrected chi connectivity index (χ3v) is 4.96. The van der Waals surface area contributed by atoms with Gasteiger partial charge in [0, 0.05) is 37.7 Å². The number of aliphatic hydroxyl groups excluding tert-OH is 1. The molecule has 0 saturated carbocycles. The van der Waals surface area contributed by atoms with Gasteiger partial charge in [-0.05, 0) is 23.3 Å². The predicted molar refractivity (Wildman–Crippen MR) is 104 cm³/mol. The Balaban J connectivity index is 1.75. The maximum atomic E-state index is 8.86. The van der Waals surface area contributed by atoms with Crippen molar-refractivity contribution in [1.82, 2.24) is 9.80 Å². The Labute approximate surface area is 155 Å². The van der Waals surface area contributed by atoms with Gasteiger partial charge in [-0.3, -0.25) is 9.80 Å². The van der Waals surface area contributed by atoms with Crippen LogP contribution in [0.1, 0.15) is 17.2 Å². The fraction of sp³-hybridized carbons (Fsp3) is 0.333. The molecule has 1 N–H and O–H groups in total. The lowest BCUT2D eigenvalue weighted by atomic mass is 9.96. The van der Waals surface area contributed by atoms with Gasteiger partial charge >= 0.3 is 0 Å². The van der Waals surface area contributed by atoms with Gasteiger partial charge < -0.3 is 5.11 Å². The molecule has 132 valence electrons. The maximum absolute atomic E-state index is 8.86. The van der Waals surface area contributed by atoms with E-state index in [0.717, 1.165) is 37.7 Å². The monoisotopic (exact) mass is 356 g/mol. The van der Waals surface area contributed by atoms with Gasteiger partial charge in [0.05, 0.1) is 12.6 Å². The van der Waals surface area contributed by atoms with Gasteiger partial charge in [0.1, 0.15) is 0 Å². The van der Waals surface area contributed by atoms with Crippen molar-refractivity contribution < 1.29 is 5.11 Å². The highest BCUT2D eigenvalue weighted by molar-refractivity contribution is 6.30. The van der Waals surface area contributed by atoms with Gasteiger partial charge in [-0.15, -0.1) is 0 Å². The SMILES string of the molecule is OC/C=C\CN1CCN(C(c2ccccc2)c2ccc(Cl)cc2)CC1. The third kappa shape index (κ3) is 4.93. The molecule has 0 bridgehead atoms. The quantitative estimate of drug-likeness (QED) is 0.801. The Bertz CT molecular complexity index is 664. The van der Waals surface area contributed by atoms with Crippen molar-refractivity contribution >= 4 is 11.6 Å². The van der Waals surface area contributed by atoms with Crippen LogP contribution in [0.2, 0.25) is 5.02 Å². The Morgan fingerprint density at radius 1 is 0.880 bits per heavy atom. The van der Waals surface area contributed by atoms with Crippen molar-refractivity contribution in [3.63, 3.8) is 0 Å². The van der Waals surface area contributed by atoms with Crippen molar-refractivity contribution in [2.24, 2.45) is 0 Å². The molecule has 1 aliphatic rings. The number of nitrogens with zero attached hydrogens (tertiary/aromatic N) is 2. The molecule has 0 amide bonds. The zero-order valence-electron chi connectivity index (χ0n) is 14.4. The summed E-state index contributed by atoms with van der Waals surface area (Å²) in [5.41, 5.74) is 2.60. The highest BCUT2D eigenvalue weighted by Gasteiger charge is 2.25. The molecule has 1 fully saturated rings. The number of halogens is 1. The number of aliphatic hydroxyl groups is 1. The van der Waals surface area contributed by atoms with E-state index >= 15 is 0 Å². The van der Waals surface area contributed by atoms with Crippen LogP contribution in [0.3, 0.4) is 0 Å². The minimum absolute atomic E-state index is 0.118. The topological polar surface area (TPSA) is 26.7 Å². The van der Waals surface area contributed by atoms with Crippen molar-refractivity contribution in [1.29, 1.82) is 0 Å². The van der Waals surface area contributed by atoms with Crippen molar-refractivity contribution in [3.05, 3.63) is 82.9 Å². The van der Waals surface area contributed by atoms with Crippen molar-refractivity contribution in [2.45, 2.75) is 6.04 Å². The van der Waals surface area contributed by atoms with Crippen LogP contribution >= 0.6 is 11.6 Å². The Hall–Kier alpha value is -1.65. The number of rotatable bonds is 6. The minimum atomic E-state index is 0.118. The largest absolute Gasteiger partial charge is 0.392 e. The molecule has 0 aliphatic carbocycles. The van der Waals surface area contributed by atoms with Crippen LogP contribution in [0.4, 0.5) is 0 Å². The van der Waals surface area contributed by atoms with E-state index in [9.17, 15) is 0 Å². The molecule has 0 spiro atoms. The van der Waals surface area contributed by atoms with E-state index in [1.807, 2.05) is 24.3 Å². The second-order valence-corrected chi connectivity index (χ2v) is 6.79. The van der Waals surface area contributed by atoms with Crippen LogP contribution in [0, 0.1) is 0 Å². The van der Waals surface area contributed by atoms with Crippen LogP contribution in [-0.2, 0) is 0 Å². The Kier molecular flexibility index (Phi) is 6.65. The van der Waals surface area contributed by atoms with Gasteiger partial charge in [0.25, 0.3) is 0 Å². The molecule has 0 radical (unpaired) electrons. The summed E-state index contributed by atoms with van der Waals surface area (Å²) in [4.78, 5) is 4.97. The lowest BCUT2D eigenvalue weighted by Gasteiger charge is -2.39. The lowest BCUT2D eigenvalue weighted by molar-refractivity contribution is 0.117. The Morgan fingerprint density at radius 2 is 1.52 bits per heavy atom. The van der Waals surface area contributed by atoms with E-state index in [-0.39, 0.29) is 12.6 Å². The smallest absolute Gasteiger partial charge is 0.0612 e. The fourth-order valence-corrected chi connectivity index (χ4v) is 3.52. The summed E-state index contributed by atoms with van der Waals surface area (Å²) in [7, 11) is 0. The molecule has 1 atom stereocenters. The van der Waals surface area contributed by atoms with Crippen molar-refractivity contribution in [2.75, 3.05) is 39.3 Å². The lowest BCUT2D eigenvalue weighted by Crippen LogP contribution is -2.47. The summed E-state index contributed by atoms with van der Waals surface area (Å²) in [6.07, 6.45) is 3.86. The average molecular weight is 357 g/mol. The van der Waals surface area contributed by atoms with Gasteiger partial charge in [0.15, 0.2) is 0 Å². The van der Waals surface area contributed by atoms with Gasteiger partial charge in [-0.2, -0.15) is 0 Å². The molecular formula is C21H25ClN2O. The second-order valence-electron chi connectivity index (χ2n) is 6.36. The van der Waals surface area contributed by atoms with E-state index in [0.29, 0.717) is 0 Å². The number of benzene rings is 2. The van der Waals surface area contributed by atoms with E-state index in [1.54, 1.807) is 0 Å². The maximum Gasteiger partial charge on any atom is 0.0612 e. The highest BCUT2D eigenvalue weighted by Crippen LogP contribution is 2.30. The zero-order valence-corrected chi connectivity index (χ0v) is 15.1. The fourth-order valence-electron chi connectivity index (χ4n) is 3.40. The van der Waals surface area contributed by atoms with Crippen LogP contribution in [0.15, 0.2) is 66.7 Å². The minimum Gasteiger partial charge on any atom is -0.392 e. The number of piperazine rings is 1. The summed E-state index contributed by atoms with van der Waals surface area (Å²) in [6, 6.07) is 19.2. The van der Waals surface area contributed by atoms with Gasteiger partial charge in [-0.1, -0.05) is 66.2 Å². The first-order valence-electron chi connectivity index (χ1n) is 8.80. The molecule has 0 aromatic heterocycles. The Morgan fingerprint density at radius 3 is 2.16 bits per heavy atom. The van der Waals surface area contributed by atoms with E-state index in [2.05, 4.69) is 52.3 Å². The van der Waals surface area contributed by atoms with E-state index in [4.69, 9.17) is 16.7 Å². The summed E-state index contributed by atoms with van der Waals surface area (Å²) in [6.45, 7) is 5.14. The van der Waals surface area contributed by atoms with Gasteiger partial charge in [0.2, 0.25) is 0 Å². The van der Waals surface area contributed by atoms with Crippen LogP contribution in [-0.4, -0.2) is 54.2 Å². The molecule has 25 heavy (non-hydrogen) atoms.